The lowest BCUT2D eigenvalue weighted by molar-refractivity contribution is -0.114. The number of hydrogen-bond donors (Lipinski definition) is 0. The van der Waals surface area contributed by atoms with Gasteiger partial charge >= 0.3 is 0 Å². The van der Waals surface area contributed by atoms with Crippen LogP contribution in [0.3, 0.4) is 0 Å². The molecule has 1 nitrogen and oxygen atoms in total. The summed E-state index contributed by atoms with van der Waals surface area (Å²) in [5.74, 6) is 0.136. The van der Waals surface area contributed by atoms with Crippen LogP contribution in [0.4, 0.5) is 0 Å². The molecule has 14 heavy (non-hydrogen) atoms. The first-order valence-electron chi connectivity index (χ1n) is 4.54. The van der Waals surface area contributed by atoms with Gasteiger partial charge in [-0.25, -0.2) is 0 Å². The van der Waals surface area contributed by atoms with Crippen LogP contribution in [-0.2, 0) is 11.2 Å². The maximum atomic E-state index is 11.3. The van der Waals surface area contributed by atoms with E-state index < -0.39 is 0 Å². The van der Waals surface area contributed by atoms with E-state index in [0.717, 1.165) is 10.0 Å². The number of carbonyl (C=O) groups is 1. The molecule has 0 aliphatic heterocycles. The van der Waals surface area contributed by atoms with Crippen molar-refractivity contribution in [3.8, 4) is 0 Å². The van der Waals surface area contributed by atoms with Gasteiger partial charge < -0.3 is 0 Å². The van der Waals surface area contributed by atoms with Gasteiger partial charge in [0.1, 0.15) is 0 Å². The van der Waals surface area contributed by atoms with E-state index in [4.69, 9.17) is 0 Å². The minimum Gasteiger partial charge on any atom is -0.294 e. The third-order valence-electron chi connectivity index (χ3n) is 1.93. The second kappa shape index (κ2) is 5.11. The van der Waals surface area contributed by atoms with Crippen molar-refractivity contribution in [3.63, 3.8) is 0 Å². The maximum Gasteiger partial charge on any atom is 0.159 e. The SMILES string of the molecule is C/C=C/C(=O)Cc1ccc(C)cc1Br. The molecule has 0 spiro atoms. The Labute approximate surface area is 93.0 Å². The summed E-state index contributed by atoms with van der Waals surface area (Å²) in [4.78, 5) is 11.3. The monoisotopic (exact) mass is 252 g/mol. The Morgan fingerprint density at radius 2 is 2.21 bits per heavy atom. The van der Waals surface area contributed by atoms with Crippen molar-refractivity contribution < 1.29 is 4.79 Å². The quantitative estimate of drug-likeness (QED) is 0.754. The van der Waals surface area contributed by atoms with E-state index in [1.807, 2.05) is 32.0 Å². The lowest BCUT2D eigenvalue weighted by atomic mass is 10.1. The highest BCUT2D eigenvalue weighted by molar-refractivity contribution is 9.10. The molecule has 0 aliphatic carbocycles. The number of carbonyl (C=O) groups excluding carboxylic acids is 1. The summed E-state index contributed by atoms with van der Waals surface area (Å²) in [6.07, 6.45) is 3.84. The second-order valence-electron chi connectivity index (χ2n) is 3.24. The lowest BCUT2D eigenvalue weighted by Gasteiger charge is -2.02. The van der Waals surface area contributed by atoms with Gasteiger partial charge in [0.2, 0.25) is 0 Å². The van der Waals surface area contributed by atoms with E-state index in [1.54, 1.807) is 12.2 Å². The summed E-state index contributed by atoms with van der Waals surface area (Å²) in [5, 5.41) is 0. The third-order valence-corrected chi connectivity index (χ3v) is 2.66. The largest absolute Gasteiger partial charge is 0.294 e. The molecular formula is C12H13BrO. The summed E-state index contributed by atoms with van der Waals surface area (Å²) < 4.78 is 1.01. The summed E-state index contributed by atoms with van der Waals surface area (Å²) in [7, 11) is 0. The molecule has 0 atom stereocenters. The van der Waals surface area contributed by atoms with Crippen LogP contribution >= 0.6 is 15.9 Å². The fourth-order valence-electron chi connectivity index (χ4n) is 1.23. The van der Waals surface area contributed by atoms with Gasteiger partial charge in [-0.3, -0.25) is 4.79 Å². The van der Waals surface area contributed by atoms with Gasteiger partial charge in [0.05, 0.1) is 0 Å². The highest BCUT2D eigenvalue weighted by atomic mass is 79.9. The zero-order valence-electron chi connectivity index (χ0n) is 8.38. The number of benzene rings is 1. The first-order valence-corrected chi connectivity index (χ1v) is 5.33. The molecule has 1 rings (SSSR count). The van der Waals surface area contributed by atoms with Gasteiger partial charge in [-0.1, -0.05) is 34.1 Å². The molecule has 0 aliphatic rings. The molecule has 0 heterocycles. The molecule has 0 N–H and O–H groups in total. The number of aryl methyl sites for hydroxylation is 1. The van der Waals surface area contributed by atoms with Gasteiger partial charge in [-0.05, 0) is 37.1 Å². The van der Waals surface area contributed by atoms with E-state index in [-0.39, 0.29) is 5.78 Å². The topological polar surface area (TPSA) is 17.1 Å². The van der Waals surface area contributed by atoms with E-state index in [9.17, 15) is 4.79 Å². The molecule has 2 heteroatoms. The highest BCUT2D eigenvalue weighted by Gasteiger charge is 2.03. The van der Waals surface area contributed by atoms with Crippen LogP contribution in [0.15, 0.2) is 34.8 Å². The van der Waals surface area contributed by atoms with Gasteiger partial charge in [0.25, 0.3) is 0 Å². The molecular weight excluding hydrogens is 240 g/mol. The first-order chi connectivity index (χ1) is 6.63. The maximum absolute atomic E-state index is 11.3. The van der Waals surface area contributed by atoms with Gasteiger partial charge in [-0.15, -0.1) is 0 Å². The minimum atomic E-state index is 0.136. The Bertz CT molecular complexity index is 367. The molecule has 0 unspecified atom stereocenters. The Kier molecular flexibility index (Phi) is 4.08. The van der Waals surface area contributed by atoms with Crippen LogP contribution in [0.25, 0.3) is 0 Å². The molecule has 0 fully saturated rings. The number of hydrogen-bond acceptors (Lipinski definition) is 1. The number of rotatable bonds is 3. The summed E-state index contributed by atoms with van der Waals surface area (Å²) >= 11 is 3.45. The average molecular weight is 253 g/mol. The Morgan fingerprint density at radius 3 is 2.79 bits per heavy atom. The van der Waals surface area contributed by atoms with Crippen LogP contribution in [0.5, 0.6) is 0 Å². The summed E-state index contributed by atoms with van der Waals surface area (Å²) in [6, 6.07) is 6.03. The van der Waals surface area contributed by atoms with E-state index in [0.29, 0.717) is 6.42 Å². The van der Waals surface area contributed by atoms with Gasteiger partial charge in [-0.2, -0.15) is 0 Å². The smallest absolute Gasteiger partial charge is 0.159 e. The zero-order chi connectivity index (χ0) is 10.6. The van der Waals surface area contributed by atoms with Crippen molar-refractivity contribution in [1.29, 1.82) is 0 Å². The minimum absolute atomic E-state index is 0.136. The van der Waals surface area contributed by atoms with Crippen LogP contribution < -0.4 is 0 Å². The molecule has 1 aromatic rings. The third kappa shape index (κ3) is 3.11. The molecule has 0 saturated carbocycles. The van der Waals surface area contributed by atoms with Crippen molar-refractivity contribution in [2.45, 2.75) is 20.3 Å². The fraction of sp³-hybridized carbons (Fsp3) is 0.250. The van der Waals surface area contributed by atoms with Crippen molar-refractivity contribution in [2.24, 2.45) is 0 Å². The number of ketones is 1. The van der Waals surface area contributed by atoms with E-state index >= 15 is 0 Å². The van der Waals surface area contributed by atoms with E-state index in [2.05, 4.69) is 15.9 Å². The van der Waals surface area contributed by atoms with Crippen LogP contribution in [-0.4, -0.2) is 5.78 Å². The highest BCUT2D eigenvalue weighted by Crippen LogP contribution is 2.19. The van der Waals surface area contributed by atoms with E-state index in [1.165, 1.54) is 5.56 Å². The Hall–Kier alpha value is -0.890. The summed E-state index contributed by atoms with van der Waals surface area (Å²) in [6.45, 7) is 3.88. The van der Waals surface area contributed by atoms with Crippen LogP contribution in [0, 0.1) is 6.92 Å². The molecule has 0 bridgehead atoms. The first kappa shape index (κ1) is 11.2. The number of halogens is 1. The predicted molar refractivity (Wildman–Crippen MR) is 62.4 cm³/mol. The fourth-order valence-corrected chi connectivity index (χ4v) is 1.86. The second-order valence-corrected chi connectivity index (χ2v) is 4.09. The van der Waals surface area contributed by atoms with Crippen molar-refractivity contribution in [3.05, 3.63) is 46.0 Å². The predicted octanol–water partition coefficient (Wildman–Crippen LogP) is 3.45. The number of allylic oxidation sites excluding steroid dienone is 2. The molecule has 1 aromatic carbocycles. The molecule has 0 aromatic heterocycles. The van der Waals surface area contributed by atoms with Crippen molar-refractivity contribution >= 4 is 21.7 Å². The Morgan fingerprint density at radius 1 is 1.50 bits per heavy atom. The average Bonchev–Trinajstić information content (AvgIpc) is 2.10. The van der Waals surface area contributed by atoms with Crippen LogP contribution in [0.1, 0.15) is 18.1 Å². The standard InChI is InChI=1S/C12H13BrO/c1-3-4-11(14)8-10-6-5-9(2)7-12(10)13/h3-7H,8H2,1-2H3/b4-3+. The molecule has 0 radical (unpaired) electrons. The lowest BCUT2D eigenvalue weighted by Crippen LogP contribution is -1.99. The Balaban J connectivity index is 2.82. The van der Waals surface area contributed by atoms with Crippen molar-refractivity contribution in [1.82, 2.24) is 0 Å². The normalized spacial score (nSPS) is 10.8. The van der Waals surface area contributed by atoms with Crippen LogP contribution in [0.2, 0.25) is 0 Å². The molecule has 74 valence electrons. The zero-order valence-corrected chi connectivity index (χ0v) is 9.97. The molecule has 0 amide bonds. The molecule has 0 saturated heterocycles. The van der Waals surface area contributed by atoms with Crippen molar-refractivity contribution in [2.75, 3.05) is 0 Å². The van der Waals surface area contributed by atoms with Gasteiger partial charge in [0, 0.05) is 10.9 Å². The summed E-state index contributed by atoms with van der Waals surface area (Å²) in [5.41, 5.74) is 2.23. The van der Waals surface area contributed by atoms with Gasteiger partial charge in [0.15, 0.2) is 5.78 Å².